The Morgan fingerprint density at radius 3 is 2.44 bits per heavy atom. The SMILES string of the molecule is CCN(CC)c1ccc(NC(=O)c2cnn(-c3ccccc3C)c2C)cn1. The van der Waals surface area contributed by atoms with Crippen molar-refractivity contribution in [2.24, 2.45) is 0 Å². The van der Waals surface area contributed by atoms with E-state index in [1.165, 1.54) is 0 Å². The molecule has 140 valence electrons. The molecule has 0 fully saturated rings. The highest BCUT2D eigenvalue weighted by atomic mass is 16.1. The van der Waals surface area contributed by atoms with Crippen LogP contribution in [0.15, 0.2) is 48.8 Å². The zero-order valence-corrected chi connectivity index (χ0v) is 16.2. The average molecular weight is 363 g/mol. The second-order valence-electron chi connectivity index (χ2n) is 6.37. The molecule has 0 aliphatic heterocycles. The number of hydrogen-bond donors (Lipinski definition) is 1. The molecule has 0 saturated heterocycles. The molecule has 0 saturated carbocycles. The van der Waals surface area contributed by atoms with Crippen molar-refractivity contribution in [3.8, 4) is 5.69 Å². The molecule has 1 aromatic carbocycles. The number of nitrogens with zero attached hydrogens (tertiary/aromatic N) is 4. The maximum atomic E-state index is 12.7. The first-order valence-corrected chi connectivity index (χ1v) is 9.18. The van der Waals surface area contributed by atoms with Crippen molar-refractivity contribution in [1.82, 2.24) is 14.8 Å². The number of carbonyl (C=O) groups is 1. The quantitative estimate of drug-likeness (QED) is 0.719. The van der Waals surface area contributed by atoms with Crippen LogP contribution in [0.25, 0.3) is 5.69 Å². The molecule has 6 heteroatoms. The molecule has 2 aromatic heterocycles. The lowest BCUT2D eigenvalue weighted by Crippen LogP contribution is -2.23. The van der Waals surface area contributed by atoms with Gasteiger partial charge >= 0.3 is 0 Å². The van der Waals surface area contributed by atoms with Crippen LogP contribution in [0.5, 0.6) is 0 Å². The Hall–Kier alpha value is -3.15. The molecular weight excluding hydrogens is 338 g/mol. The van der Waals surface area contributed by atoms with Crippen molar-refractivity contribution in [2.45, 2.75) is 27.7 Å². The van der Waals surface area contributed by atoms with Gasteiger partial charge in [-0.2, -0.15) is 5.10 Å². The molecule has 1 N–H and O–H groups in total. The second-order valence-corrected chi connectivity index (χ2v) is 6.37. The highest BCUT2D eigenvalue weighted by molar-refractivity contribution is 6.04. The number of rotatable bonds is 6. The lowest BCUT2D eigenvalue weighted by molar-refractivity contribution is 0.102. The molecule has 27 heavy (non-hydrogen) atoms. The number of nitrogens with one attached hydrogen (secondary N) is 1. The van der Waals surface area contributed by atoms with Gasteiger partial charge in [0.05, 0.1) is 35.0 Å². The van der Waals surface area contributed by atoms with E-state index in [1.807, 2.05) is 50.2 Å². The molecule has 1 amide bonds. The van der Waals surface area contributed by atoms with Gasteiger partial charge in [0.2, 0.25) is 0 Å². The molecule has 0 atom stereocenters. The summed E-state index contributed by atoms with van der Waals surface area (Å²) in [6.45, 7) is 9.90. The van der Waals surface area contributed by atoms with Crippen LogP contribution in [0.4, 0.5) is 11.5 Å². The summed E-state index contributed by atoms with van der Waals surface area (Å²) in [4.78, 5) is 19.3. The van der Waals surface area contributed by atoms with Crippen LogP contribution in [-0.4, -0.2) is 33.8 Å². The zero-order chi connectivity index (χ0) is 19.4. The van der Waals surface area contributed by atoms with Gasteiger partial charge in [-0.25, -0.2) is 9.67 Å². The van der Waals surface area contributed by atoms with E-state index in [4.69, 9.17) is 0 Å². The Kier molecular flexibility index (Phi) is 5.54. The summed E-state index contributed by atoms with van der Waals surface area (Å²) >= 11 is 0. The van der Waals surface area contributed by atoms with E-state index >= 15 is 0 Å². The van der Waals surface area contributed by atoms with Gasteiger partial charge in [0, 0.05) is 13.1 Å². The number of benzene rings is 1. The highest BCUT2D eigenvalue weighted by Gasteiger charge is 2.16. The third kappa shape index (κ3) is 3.84. The Labute approximate surface area is 159 Å². The van der Waals surface area contributed by atoms with E-state index in [0.717, 1.165) is 35.9 Å². The monoisotopic (exact) mass is 363 g/mol. The van der Waals surface area contributed by atoms with Crippen molar-refractivity contribution in [3.05, 3.63) is 65.6 Å². The molecule has 0 aliphatic carbocycles. The van der Waals surface area contributed by atoms with E-state index in [0.29, 0.717) is 11.3 Å². The first-order chi connectivity index (χ1) is 13.0. The van der Waals surface area contributed by atoms with Crippen molar-refractivity contribution < 1.29 is 4.79 Å². The number of pyridine rings is 1. The predicted octanol–water partition coefficient (Wildman–Crippen LogP) is 3.98. The van der Waals surface area contributed by atoms with Crippen LogP contribution < -0.4 is 10.2 Å². The summed E-state index contributed by atoms with van der Waals surface area (Å²) in [6.07, 6.45) is 3.29. The number of anilines is 2. The summed E-state index contributed by atoms with van der Waals surface area (Å²) in [7, 11) is 0. The van der Waals surface area contributed by atoms with Gasteiger partial charge in [-0.3, -0.25) is 4.79 Å². The normalized spacial score (nSPS) is 10.7. The van der Waals surface area contributed by atoms with Crippen LogP contribution in [0.3, 0.4) is 0 Å². The van der Waals surface area contributed by atoms with Gasteiger partial charge in [-0.1, -0.05) is 18.2 Å². The number of aryl methyl sites for hydroxylation is 1. The van der Waals surface area contributed by atoms with Gasteiger partial charge in [-0.15, -0.1) is 0 Å². The minimum atomic E-state index is -0.190. The minimum absolute atomic E-state index is 0.190. The first kappa shape index (κ1) is 18.6. The molecule has 0 bridgehead atoms. The Morgan fingerprint density at radius 1 is 1.07 bits per heavy atom. The fraction of sp³-hybridized carbons (Fsp3) is 0.286. The number of carbonyl (C=O) groups excluding carboxylic acids is 1. The van der Waals surface area contributed by atoms with Crippen molar-refractivity contribution in [1.29, 1.82) is 0 Å². The van der Waals surface area contributed by atoms with Gasteiger partial charge in [-0.05, 0) is 51.5 Å². The van der Waals surface area contributed by atoms with Crippen molar-refractivity contribution in [2.75, 3.05) is 23.3 Å². The van der Waals surface area contributed by atoms with Gasteiger partial charge in [0.1, 0.15) is 5.82 Å². The summed E-state index contributed by atoms with van der Waals surface area (Å²) in [6, 6.07) is 11.8. The zero-order valence-electron chi connectivity index (χ0n) is 16.2. The van der Waals surface area contributed by atoms with Crippen LogP contribution in [0.2, 0.25) is 0 Å². The smallest absolute Gasteiger partial charge is 0.259 e. The number of aromatic nitrogens is 3. The molecule has 0 aliphatic rings. The third-order valence-corrected chi connectivity index (χ3v) is 4.69. The summed E-state index contributed by atoms with van der Waals surface area (Å²) in [5.41, 5.74) is 4.09. The van der Waals surface area contributed by atoms with E-state index in [9.17, 15) is 4.79 Å². The third-order valence-electron chi connectivity index (χ3n) is 4.69. The van der Waals surface area contributed by atoms with Crippen LogP contribution in [-0.2, 0) is 0 Å². The molecule has 0 unspecified atom stereocenters. The van der Waals surface area contributed by atoms with E-state index in [2.05, 4.69) is 34.1 Å². The summed E-state index contributed by atoms with van der Waals surface area (Å²) in [5.74, 6) is 0.714. The topological polar surface area (TPSA) is 63.1 Å². The fourth-order valence-electron chi connectivity index (χ4n) is 3.07. The number of para-hydroxylation sites is 1. The minimum Gasteiger partial charge on any atom is -0.357 e. The first-order valence-electron chi connectivity index (χ1n) is 9.18. The fourth-order valence-corrected chi connectivity index (χ4v) is 3.07. The molecule has 3 rings (SSSR count). The van der Waals surface area contributed by atoms with Gasteiger partial charge < -0.3 is 10.2 Å². The van der Waals surface area contributed by atoms with Crippen molar-refractivity contribution in [3.63, 3.8) is 0 Å². The molecule has 2 heterocycles. The van der Waals surface area contributed by atoms with Gasteiger partial charge in [0.25, 0.3) is 5.91 Å². The Morgan fingerprint density at radius 2 is 1.81 bits per heavy atom. The molecule has 6 nitrogen and oxygen atoms in total. The lowest BCUT2D eigenvalue weighted by Gasteiger charge is -2.19. The number of amides is 1. The largest absolute Gasteiger partial charge is 0.357 e. The average Bonchev–Trinajstić information content (AvgIpc) is 3.06. The lowest BCUT2D eigenvalue weighted by atomic mass is 10.2. The molecule has 0 spiro atoms. The standard InChI is InChI=1S/C21H25N5O/c1-5-25(6-2)20-12-11-17(13-22-20)24-21(27)18-14-23-26(16(18)4)19-10-8-7-9-15(19)3/h7-14H,5-6H2,1-4H3,(H,24,27). The predicted molar refractivity (Wildman–Crippen MR) is 109 cm³/mol. The van der Waals surface area contributed by atoms with E-state index in [1.54, 1.807) is 17.1 Å². The molecule has 3 aromatic rings. The maximum absolute atomic E-state index is 12.7. The van der Waals surface area contributed by atoms with Gasteiger partial charge in [0.15, 0.2) is 0 Å². The summed E-state index contributed by atoms with van der Waals surface area (Å²) < 4.78 is 1.80. The van der Waals surface area contributed by atoms with Crippen LogP contribution >= 0.6 is 0 Å². The van der Waals surface area contributed by atoms with Crippen molar-refractivity contribution >= 4 is 17.4 Å². The maximum Gasteiger partial charge on any atom is 0.259 e. The Balaban J connectivity index is 1.78. The Bertz CT molecular complexity index is 926. The summed E-state index contributed by atoms with van der Waals surface area (Å²) in [5, 5.41) is 7.31. The highest BCUT2D eigenvalue weighted by Crippen LogP contribution is 2.19. The van der Waals surface area contributed by atoms with E-state index in [-0.39, 0.29) is 5.91 Å². The molecule has 0 radical (unpaired) electrons. The van der Waals surface area contributed by atoms with Crippen LogP contribution in [0, 0.1) is 13.8 Å². The number of hydrogen-bond acceptors (Lipinski definition) is 4. The van der Waals surface area contributed by atoms with E-state index < -0.39 is 0 Å². The van der Waals surface area contributed by atoms with Crippen LogP contribution in [0.1, 0.15) is 35.5 Å². The second kappa shape index (κ2) is 8.03. The molecular formula is C21H25N5O.